The normalized spacial score (nSPS) is 26.6. The first kappa shape index (κ1) is 18.2. The molecule has 2 saturated heterocycles. The Morgan fingerprint density at radius 1 is 1.22 bits per heavy atom. The van der Waals surface area contributed by atoms with E-state index in [1.165, 1.54) is 6.07 Å². The van der Waals surface area contributed by atoms with Crippen LogP contribution >= 0.6 is 0 Å². The zero-order chi connectivity index (χ0) is 19.1. The van der Waals surface area contributed by atoms with Crippen molar-refractivity contribution in [3.63, 3.8) is 0 Å². The Hall–Kier alpha value is -2.18. The van der Waals surface area contributed by atoms with Gasteiger partial charge in [-0.25, -0.2) is 13.6 Å². The van der Waals surface area contributed by atoms with Crippen molar-refractivity contribution in [2.24, 2.45) is 5.41 Å². The predicted molar refractivity (Wildman–Crippen MR) is 96.2 cm³/mol. The highest BCUT2D eigenvalue weighted by Crippen LogP contribution is 2.42. The lowest BCUT2D eigenvalue weighted by Crippen LogP contribution is -2.46. The van der Waals surface area contributed by atoms with Gasteiger partial charge in [0.15, 0.2) is 11.6 Å². The minimum absolute atomic E-state index is 0.0451. The topological polar surface area (TPSA) is 61.4 Å². The largest absolute Gasteiger partial charge is 0.355 e. The number of nitrogens with zero attached hydrogens (tertiary/aromatic N) is 1. The number of hydrogen-bond acceptors (Lipinski definition) is 2. The Morgan fingerprint density at radius 2 is 2.00 bits per heavy atom. The van der Waals surface area contributed by atoms with Gasteiger partial charge in [-0.1, -0.05) is 25.0 Å². The molecule has 1 aliphatic carbocycles. The highest BCUT2D eigenvalue weighted by Gasteiger charge is 2.45. The van der Waals surface area contributed by atoms with Gasteiger partial charge >= 0.3 is 6.03 Å². The summed E-state index contributed by atoms with van der Waals surface area (Å²) < 4.78 is 28.2. The average Bonchev–Trinajstić information content (AvgIpc) is 3.37. The summed E-state index contributed by atoms with van der Waals surface area (Å²) in [5.74, 6) is -1.60. The molecule has 3 fully saturated rings. The molecule has 0 radical (unpaired) electrons. The van der Waals surface area contributed by atoms with Crippen molar-refractivity contribution in [1.29, 1.82) is 0 Å². The van der Waals surface area contributed by atoms with Gasteiger partial charge in [0.2, 0.25) is 5.91 Å². The third-order valence-electron chi connectivity index (χ3n) is 6.58. The first-order valence-electron chi connectivity index (χ1n) is 9.67. The number of rotatable bonds is 3. The molecule has 2 heterocycles. The molecule has 7 heteroatoms. The molecule has 27 heavy (non-hydrogen) atoms. The summed E-state index contributed by atoms with van der Waals surface area (Å²) in [4.78, 5) is 26.0. The Morgan fingerprint density at radius 3 is 2.70 bits per heavy atom. The van der Waals surface area contributed by atoms with E-state index in [1.54, 1.807) is 11.0 Å². The van der Waals surface area contributed by atoms with Crippen molar-refractivity contribution < 1.29 is 18.4 Å². The van der Waals surface area contributed by atoms with E-state index < -0.39 is 17.0 Å². The summed E-state index contributed by atoms with van der Waals surface area (Å²) in [6.45, 7) is 2.09. The minimum atomic E-state index is -0.843. The molecule has 1 saturated carbocycles. The van der Waals surface area contributed by atoms with E-state index in [1.807, 2.05) is 0 Å². The first-order valence-corrected chi connectivity index (χ1v) is 9.67. The van der Waals surface area contributed by atoms with Crippen LogP contribution in [0.1, 0.15) is 44.1 Å². The summed E-state index contributed by atoms with van der Waals surface area (Å²) in [6.07, 6.45) is 4.61. The molecule has 5 nitrogen and oxygen atoms in total. The van der Waals surface area contributed by atoms with E-state index >= 15 is 0 Å². The standard InChI is InChI=1S/C20H25F2N3O2/c21-15-5-3-4-14(17(15)22)20(6-1-2-7-20)12-24-18(27)25-9-8-19(13-25)10-16(26)23-11-19/h3-5H,1-2,6-13H2,(H,23,26)(H,24,27). The number of carbonyl (C=O) groups is 2. The average molecular weight is 377 g/mol. The molecule has 3 aliphatic rings. The molecule has 1 atom stereocenters. The summed E-state index contributed by atoms with van der Waals surface area (Å²) >= 11 is 0. The SMILES string of the molecule is O=C1CC2(CCN(C(=O)NCC3(c4cccc(F)c4F)CCCC3)C2)CN1. The number of urea groups is 1. The fourth-order valence-electron chi connectivity index (χ4n) is 5.01. The third kappa shape index (κ3) is 3.28. The lowest BCUT2D eigenvalue weighted by molar-refractivity contribution is -0.119. The van der Waals surface area contributed by atoms with Crippen molar-refractivity contribution in [1.82, 2.24) is 15.5 Å². The van der Waals surface area contributed by atoms with Crippen LogP contribution in [0.15, 0.2) is 18.2 Å². The van der Waals surface area contributed by atoms with Crippen LogP contribution in [0.25, 0.3) is 0 Å². The highest BCUT2D eigenvalue weighted by molar-refractivity contribution is 5.80. The lowest BCUT2D eigenvalue weighted by Gasteiger charge is -2.31. The Bertz CT molecular complexity index is 764. The molecular weight excluding hydrogens is 352 g/mol. The summed E-state index contributed by atoms with van der Waals surface area (Å²) in [7, 11) is 0. The fraction of sp³-hybridized carbons (Fsp3) is 0.600. The van der Waals surface area contributed by atoms with Crippen LogP contribution in [0.2, 0.25) is 0 Å². The van der Waals surface area contributed by atoms with Gasteiger partial charge in [-0.15, -0.1) is 0 Å². The van der Waals surface area contributed by atoms with Crippen molar-refractivity contribution in [3.05, 3.63) is 35.4 Å². The lowest BCUT2D eigenvalue weighted by atomic mass is 9.78. The van der Waals surface area contributed by atoms with Crippen molar-refractivity contribution in [3.8, 4) is 0 Å². The molecule has 146 valence electrons. The quantitative estimate of drug-likeness (QED) is 0.851. The molecule has 3 amide bonds. The second-order valence-electron chi connectivity index (χ2n) is 8.37. The molecule has 1 spiro atoms. The summed E-state index contributed by atoms with van der Waals surface area (Å²) in [6, 6.07) is 4.11. The smallest absolute Gasteiger partial charge is 0.317 e. The van der Waals surface area contributed by atoms with Gasteiger partial charge in [0.1, 0.15) is 0 Å². The monoisotopic (exact) mass is 377 g/mol. The number of amides is 3. The number of benzene rings is 1. The number of carbonyl (C=O) groups excluding carboxylic acids is 2. The van der Waals surface area contributed by atoms with Crippen LogP contribution in [0.5, 0.6) is 0 Å². The molecule has 1 aromatic rings. The molecular formula is C20H25F2N3O2. The van der Waals surface area contributed by atoms with Gasteiger partial charge in [-0.3, -0.25) is 4.79 Å². The fourth-order valence-corrected chi connectivity index (χ4v) is 5.01. The predicted octanol–water partition coefficient (Wildman–Crippen LogP) is 2.70. The maximum Gasteiger partial charge on any atom is 0.317 e. The van der Waals surface area contributed by atoms with E-state index in [0.29, 0.717) is 38.2 Å². The number of likely N-dealkylation sites (tertiary alicyclic amines) is 1. The molecule has 2 aliphatic heterocycles. The second kappa shape index (κ2) is 6.77. The van der Waals surface area contributed by atoms with Crippen molar-refractivity contribution >= 4 is 11.9 Å². The molecule has 2 N–H and O–H groups in total. The zero-order valence-electron chi connectivity index (χ0n) is 15.3. The van der Waals surface area contributed by atoms with E-state index in [0.717, 1.165) is 38.2 Å². The first-order chi connectivity index (χ1) is 12.9. The molecule has 1 aromatic carbocycles. The molecule has 0 aromatic heterocycles. The number of nitrogens with one attached hydrogen (secondary N) is 2. The zero-order valence-corrected chi connectivity index (χ0v) is 15.3. The van der Waals surface area contributed by atoms with Crippen LogP contribution in [0.4, 0.5) is 13.6 Å². The van der Waals surface area contributed by atoms with Crippen molar-refractivity contribution in [2.45, 2.75) is 43.9 Å². The summed E-state index contributed by atoms with van der Waals surface area (Å²) in [5.41, 5.74) is -0.332. The van der Waals surface area contributed by atoms with E-state index in [4.69, 9.17) is 0 Å². The Balaban J connectivity index is 1.44. The molecule has 0 bridgehead atoms. The maximum absolute atomic E-state index is 14.4. The number of hydrogen-bond donors (Lipinski definition) is 2. The Kier molecular flexibility index (Phi) is 4.56. The van der Waals surface area contributed by atoms with E-state index in [9.17, 15) is 18.4 Å². The highest BCUT2D eigenvalue weighted by atomic mass is 19.2. The number of halogens is 2. The van der Waals surface area contributed by atoms with Gasteiger partial charge in [0.05, 0.1) is 0 Å². The van der Waals surface area contributed by atoms with Crippen LogP contribution in [0, 0.1) is 17.0 Å². The maximum atomic E-state index is 14.4. The van der Waals surface area contributed by atoms with E-state index in [2.05, 4.69) is 10.6 Å². The Labute approximate surface area is 157 Å². The van der Waals surface area contributed by atoms with Gasteiger partial charge < -0.3 is 15.5 Å². The minimum Gasteiger partial charge on any atom is -0.355 e. The second-order valence-corrected chi connectivity index (χ2v) is 8.37. The van der Waals surface area contributed by atoms with Crippen LogP contribution in [-0.2, 0) is 10.2 Å². The van der Waals surface area contributed by atoms with Gasteiger partial charge in [0, 0.05) is 43.4 Å². The van der Waals surface area contributed by atoms with Crippen LogP contribution in [-0.4, -0.2) is 43.0 Å². The molecule has 1 unspecified atom stereocenters. The van der Waals surface area contributed by atoms with E-state index in [-0.39, 0.29) is 17.4 Å². The van der Waals surface area contributed by atoms with Crippen molar-refractivity contribution in [2.75, 3.05) is 26.2 Å². The summed E-state index contributed by atoms with van der Waals surface area (Å²) in [5, 5.41) is 5.82. The van der Waals surface area contributed by atoms with Gasteiger partial charge in [0.25, 0.3) is 0 Å². The van der Waals surface area contributed by atoms with Gasteiger partial charge in [-0.2, -0.15) is 0 Å². The molecule has 4 rings (SSSR count). The third-order valence-corrected chi connectivity index (χ3v) is 6.58. The van der Waals surface area contributed by atoms with Crippen LogP contribution in [0.3, 0.4) is 0 Å². The van der Waals surface area contributed by atoms with Gasteiger partial charge in [-0.05, 0) is 30.9 Å². The van der Waals surface area contributed by atoms with Crippen LogP contribution < -0.4 is 10.6 Å².